The Bertz CT molecular complexity index is 1730. The van der Waals surface area contributed by atoms with Gasteiger partial charge in [0.15, 0.2) is 0 Å². The lowest BCUT2D eigenvalue weighted by molar-refractivity contribution is -0.137. The number of carbonyl (C=O) groups excluding carboxylic acids is 3. The molecule has 0 spiro atoms. The molecule has 41 heavy (non-hydrogen) atoms. The van der Waals surface area contributed by atoms with Crippen molar-refractivity contribution >= 4 is 52.2 Å². The van der Waals surface area contributed by atoms with Gasteiger partial charge in [0.05, 0.1) is 39.3 Å². The minimum Gasteiger partial charge on any atom is -0.469 e. The predicted octanol–water partition coefficient (Wildman–Crippen LogP) is 5.10. The number of imide groups is 1. The van der Waals surface area contributed by atoms with E-state index in [1.54, 1.807) is 12.1 Å². The van der Waals surface area contributed by atoms with Gasteiger partial charge in [-0.3, -0.25) is 23.7 Å². The van der Waals surface area contributed by atoms with Gasteiger partial charge in [-0.1, -0.05) is 35.2 Å². The second-order valence-electron chi connectivity index (χ2n) is 9.26. The highest BCUT2D eigenvalue weighted by Gasteiger charge is 2.58. The molecule has 2 aromatic carbocycles. The van der Waals surface area contributed by atoms with E-state index in [0.717, 1.165) is 58.0 Å². The standard InChI is InChI=1S/C27H17F4N3O5S2/c28-13-7-9-14(10-8-13)32-18(35)12-33-25-22(41-26(33)38)19(17-6-3-11-39-17)20-21(40-25)24(37)34(23(20)36)16-5-2-1-4-15(16)27(29,30)31/h1-11,19-21H,12H2,(H,32,35)/t19-,20?,21?/m1/s1. The SMILES string of the molecule is O=C(Cn1c2c(sc1=O)[C@H](c1ccco1)C1C(=O)N(c3ccccc3C(F)(F)F)C(=O)C1S2)Nc1ccc(F)cc1. The number of alkyl halides is 3. The molecule has 3 atom stereocenters. The van der Waals surface area contributed by atoms with Crippen LogP contribution >= 0.6 is 23.1 Å². The molecule has 2 aromatic heterocycles. The quantitative estimate of drug-likeness (QED) is 0.252. The summed E-state index contributed by atoms with van der Waals surface area (Å²) in [5, 5.41) is 1.62. The number of rotatable bonds is 5. The van der Waals surface area contributed by atoms with Crippen LogP contribution in [0.5, 0.6) is 0 Å². The van der Waals surface area contributed by atoms with Gasteiger partial charge >= 0.3 is 11.0 Å². The minimum absolute atomic E-state index is 0.240. The number of aromatic nitrogens is 1. The molecular weight excluding hydrogens is 586 g/mol. The van der Waals surface area contributed by atoms with E-state index in [0.29, 0.717) is 15.5 Å². The highest BCUT2D eigenvalue weighted by atomic mass is 32.2. The van der Waals surface area contributed by atoms with Crippen molar-refractivity contribution in [2.24, 2.45) is 5.92 Å². The Morgan fingerprint density at radius 1 is 0.976 bits per heavy atom. The van der Waals surface area contributed by atoms with Crippen molar-refractivity contribution in [1.82, 2.24) is 4.57 Å². The third-order valence-corrected chi connectivity index (χ3v) is 9.38. The number of thiazole rings is 1. The van der Waals surface area contributed by atoms with Crippen molar-refractivity contribution < 1.29 is 36.4 Å². The van der Waals surface area contributed by atoms with Crippen molar-refractivity contribution in [3.63, 3.8) is 0 Å². The number of amides is 3. The number of furan rings is 1. The number of hydrogen-bond acceptors (Lipinski definition) is 7. The van der Waals surface area contributed by atoms with Crippen LogP contribution in [-0.2, 0) is 27.1 Å². The molecular formula is C27H17F4N3O5S2. The molecule has 3 amide bonds. The van der Waals surface area contributed by atoms with Crippen LogP contribution in [0.3, 0.4) is 0 Å². The molecule has 2 aliphatic heterocycles. The lowest BCUT2D eigenvalue weighted by Gasteiger charge is -2.29. The highest BCUT2D eigenvalue weighted by molar-refractivity contribution is 8.00. The van der Waals surface area contributed by atoms with Gasteiger partial charge in [0.1, 0.15) is 23.4 Å². The zero-order valence-electron chi connectivity index (χ0n) is 20.6. The van der Waals surface area contributed by atoms with E-state index in [9.17, 15) is 36.7 Å². The topological polar surface area (TPSA) is 102 Å². The van der Waals surface area contributed by atoms with Crippen LogP contribution in [0.15, 0.2) is 81.2 Å². The summed E-state index contributed by atoms with van der Waals surface area (Å²) in [7, 11) is 0. The lowest BCUT2D eigenvalue weighted by Crippen LogP contribution is -2.33. The van der Waals surface area contributed by atoms with Crippen LogP contribution in [-0.4, -0.2) is 27.5 Å². The third-order valence-electron chi connectivity index (χ3n) is 6.78. The second-order valence-corrected chi connectivity index (χ2v) is 11.4. The number of carbonyl (C=O) groups is 3. The molecule has 2 unspecified atom stereocenters. The van der Waals surface area contributed by atoms with E-state index in [2.05, 4.69) is 5.32 Å². The second kappa shape index (κ2) is 10.0. The van der Waals surface area contributed by atoms with Crippen LogP contribution in [0, 0.1) is 11.7 Å². The first-order valence-corrected chi connectivity index (χ1v) is 13.8. The summed E-state index contributed by atoms with van der Waals surface area (Å²) in [4.78, 5) is 53.7. The van der Waals surface area contributed by atoms with Crippen molar-refractivity contribution in [3.8, 4) is 0 Å². The summed E-state index contributed by atoms with van der Waals surface area (Å²) in [6.45, 7) is -0.458. The van der Waals surface area contributed by atoms with E-state index in [4.69, 9.17) is 4.42 Å². The van der Waals surface area contributed by atoms with Crippen LogP contribution in [0.2, 0.25) is 0 Å². The Balaban J connectivity index is 1.40. The minimum atomic E-state index is -4.82. The maximum Gasteiger partial charge on any atom is 0.418 e. The number of nitrogens with one attached hydrogen (secondary N) is 1. The number of nitrogens with zero attached hydrogens (tertiary/aromatic N) is 2. The number of anilines is 2. The maximum absolute atomic E-state index is 13.8. The smallest absolute Gasteiger partial charge is 0.418 e. The average Bonchev–Trinajstić information content (AvgIpc) is 3.62. The number of fused-ring (bicyclic) bond motifs is 2. The molecule has 6 rings (SSSR count). The number of halogens is 4. The first-order chi connectivity index (χ1) is 19.5. The molecule has 210 valence electrons. The first-order valence-electron chi connectivity index (χ1n) is 12.1. The van der Waals surface area contributed by atoms with Gasteiger partial charge < -0.3 is 9.73 Å². The molecule has 8 nitrogen and oxygen atoms in total. The van der Waals surface area contributed by atoms with Gasteiger partial charge in [-0.2, -0.15) is 13.2 Å². The maximum atomic E-state index is 13.8. The normalized spacial score (nSPS) is 20.2. The molecule has 2 aliphatic rings. The summed E-state index contributed by atoms with van der Waals surface area (Å²) in [6, 6.07) is 12.4. The molecule has 1 fully saturated rings. The summed E-state index contributed by atoms with van der Waals surface area (Å²) >= 11 is 1.62. The number of para-hydroxylation sites is 1. The van der Waals surface area contributed by atoms with E-state index in [1.165, 1.54) is 24.5 Å². The summed E-state index contributed by atoms with van der Waals surface area (Å²) < 4.78 is 61.4. The van der Waals surface area contributed by atoms with Gasteiger partial charge in [0, 0.05) is 5.69 Å². The van der Waals surface area contributed by atoms with Crippen molar-refractivity contribution in [3.05, 3.63) is 98.6 Å². The largest absolute Gasteiger partial charge is 0.469 e. The fourth-order valence-corrected chi connectivity index (χ4v) is 7.81. The fraction of sp³-hybridized carbons (Fsp3) is 0.185. The molecule has 1 saturated heterocycles. The van der Waals surface area contributed by atoms with Crippen LogP contribution in [0.25, 0.3) is 0 Å². The molecule has 0 radical (unpaired) electrons. The van der Waals surface area contributed by atoms with Gasteiger partial charge in [-0.15, -0.1) is 0 Å². The molecule has 0 bridgehead atoms. The van der Waals surface area contributed by atoms with E-state index in [1.807, 2.05) is 0 Å². The Kier molecular flexibility index (Phi) is 6.61. The van der Waals surface area contributed by atoms with Crippen LogP contribution < -0.4 is 15.1 Å². The molecule has 4 heterocycles. The summed E-state index contributed by atoms with van der Waals surface area (Å²) in [5.41, 5.74) is -1.42. The number of hydrogen-bond donors (Lipinski definition) is 1. The monoisotopic (exact) mass is 603 g/mol. The van der Waals surface area contributed by atoms with E-state index in [-0.39, 0.29) is 10.8 Å². The lowest BCUT2D eigenvalue weighted by atomic mass is 9.86. The van der Waals surface area contributed by atoms with Crippen molar-refractivity contribution in [2.45, 2.75) is 28.9 Å². The van der Waals surface area contributed by atoms with Crippen LogP contribution in [0.1, 0.15) is 22.1 Å². The average molecular weight is 604 g/mol. The highest BCUT2D eigenvalue weighted by Crippen LogP contribution is 2.54. The Hall–Kier alpha value is -4.17. The Morgan fingerprint density at radius 2 is 1.71 bits per heavy atom. The molecule has 1 N–H and O–H groups in total. The van der Waals surface area contributed by atoms with Gasteiger partial charge in [-0.25, -0.2) is 9.29 Å². The Labute approximate surface area is 236 Å². The molecule has 0 saturated carbocycles. The molecule has 0 aliphatic carbocycles. The Morgan fingerprint density at radius 3 is 2.39 bits per heavy atom. The molecule has 14 heteroatoms. The third kappa shape index (κ3) is 4.66. The van der Waals surface area contributed by atoms with Gasteiger partial charge in [0.2, 0.25) is 17.7 Å². The molecule has 4 aromatic rings. The van der Waals surface area contributed by atoms with Crippen molar-refractivity contribution in [2.75, 3.05) is 10.2 Å². The zero-order chi connectivity index (χ0) is 29.1. The van der Waals surface area contributed by atoms with E-state index >= 15 is 0 Å². The first kappa shape index (κ1) is 27.0. The number of thioether (sulfide) groups is 1. The summed E-state index contributed by atoms with van der Waals surface area (Å²) in [5.74, 6) is -4.69. The zero-order valence-corrected chi connectivity index (χ0v) is 22.2. The summed E-state index contributed by atoms with van der Waals surface area (Å²) in [6.07, 6.45) is -3.48. The predicted molar refractivity (Wildman–Crippen MR) is 141 cm³/mol. The van der Waals surface area contributed by atoms with Gasteiger partial charge in [0.25, 0.3) is 0 Å². The van der Waals surface area contributed by atoms with Crippen molar-refractivity contribution in [1.29, 1.82) is 0 Å². The van der Waals surface area contributed by atoms with Gasteiger partial charge in [-0.05, 0) is 48.5 Å². The van der Waals surface area contributed by atoms with E-state index < -0.39 is 69.5 Å². The fourth-order valence-electron chi connectivity index (χ4n) is 5.05. The van der Waals surface area contributed by atoms with Crippen LogP contribution in [0.4, 0.5) is 28.9 Å². The number of benzene rings is 2.